The predicted molar refractivity (Wildman–Crippen MR) is 46.1 cm³/mol. The molecule has 0 rings (SSSR count). The van der Waals surface area contributed by atoms with E-state index in [1.54, 1.807) is 14.1 Å². The summed E-state index contributed by atoms with van der Waals surface area (Å²) in [6.07, 6.45) is 0. The smallest absolute Gasteiger partial charge is 0.0814 e. The Labute approximate surface area is 54.5 Å². The maximum Gasteiger partial charge on any atom is 0.0814 e. The van der Waals surface area contributed by atoms with Gasteiger partial charge < -0.3 is 0 Å². The fraction of sp³-hybridized carbons (Fsp3) is 1.00. The van der Waals surface area contributed by atoms with Crippen LogP contribution in [0.1, 0.15) is 0 Å². The van der Waals surface area contributed by atoms with Gasteiger partial charge in [0.05, 0.1) is 16.8 Å². The molecule has 0 aliphatic heterocycles. The molecule has 6 N–H and O–H groups in total. The molecule has 52 valence electrons. The molecule has 0 spiro atoms. The zero-order valence-corrected chi connectivity index (χ0v) is 4.18. The summed E-state index contributed by atoms with van der Waals surface area (Å²) in [6.45, 7) is 0. The van der Waals surface area contributed by atoms with E-state index in [2.05, 4.69) is 11.7 Å². The van der Waals surface area contributed by atoms with Gasteiger partial charge in [0, 0.05) is 14.1 Å². The molecule has 0 amide bonds. The SMILES string of the molecule is B.B.CN(C)N.NN. The highest BCUT2D eigenvalue weighted by molar-refractivity contribution is 5.76. The monoisotopic (exact) mass is 120 g/mol. The lowest BCUT2D eigenvalue weighted by molar-refractivity contribution is 0.432. The van der Waals surface area contributed by atoms with Crippen molar-refractivity contribution < 1.29 is 0 Å². The number of hydrazine groups is 2. The van der Waals surface area contributed by atoms with Gasteiger partial charge in [0.25, 0.3) is 0 Å². The van der Waals surface area contributed by atoms with E-state index in [0.717, 1.165) is 0 Å². The van der Waals surface area contributed by atoms with Crippen LogP contribution >= 0.6 is 0 Å². The first-order valence-electron chi connectivity index (χ1n) is 1.49. The molecule has 0 aliphatic rings. The van der Waals surface area contributed by atoms with E-state index in [-0.39, 0.29) is 16.8 Å². The zero-order valence-electron chi connectivity index (χ0n) is 4.18. The Kier molecular flexibility index (Phi) is 86.5. The molecule has 0 aliphatic carbocycles. The fourth-order valence-electron chi connectivity index (χ4n) is 0. The lowest BCUT2D eigenvalue weighted by atomic mass is 10.8. The van der Waals surface area contributed by atoms with Crippen molar-refractivity contribution in [3.05, 3.63) is 0 Å². The summed E-state index contributed by atoms with van der Waals surface area (Å²) < 4.78 is 0. The van der Waals surface area contributed by atoms with Gasteiger partial charge in [-0.05, 0) is 0 Å². The van der Waals surface area contributed by atoms with Gasteiger partial charge >= 0.3 is 0 Å². The first kappa shape index (κ1) is 24.6. The van der Waals surface area contributed by atoms with Crippen LogP contribution in [0, 0.1) is 0 Å². The van der Waals surface area contributed by atoms with Gasteiger partial charge in [0.2, 0.25) is 0 Å². The van der Waals surface area contributed by atoms with Crippen LogP contribution in [0.2, 0.25) is 0 Å². The molecule has 0 aromatic heterocycles. The lowest BCUT2D eigenvalue weighted by Crippen LogP contribution is -2.18. The highest BCUT2D eigenvalue weighted by Crippen LogP contribution is 1.37. The molecule has 0 bridgehead atoms. The van der Waals surface area contributed by atoms with Crippen LogP contribution in [-0.2, 0) is 0 Å². The molecule has 0 unspecified atom stereocenters. The number of rotatable bonds is 0. The van der Waals surface area contributed by atoms with Crippen molar-refractivity contribution in [1.29, 1.82) is 0 Å². The molecule has 6 heteroatoms. The topological polar surface area (TPSA) is 81.3 Å². The van der Waals surface area contributed by atoms with E-state index in [1.165, 1.54) is 5.01 Å². The van der Waals surface area contributed by atoms with Crippen molar-refractivity contribution >= 4 is 16.8 Å². The number of hydrogen-bond acceptors (Lipinski definition) is 4. The van der Waals surface area contributed by atoms with Crippen LogP contribution in [0.3, 0.4) is 0 Å². The van der Waals surface area contributed by atoms with Gasteiger partial charge in [-0.1, -0.05) is 0 Å². The van der Waals surface area contributed by atoms with Crippen LogP contribution in [0.15, 0.2) is 0 Å². The first-order valence-corrected chi connectivity index (χ1v) is 1.49. The van der Waals surface area contributed by atoms with Crippen LogP contribution in [0.25, 0.3) is 0 Å². The summed E-state index contributed by atoms with van der Waals surface area (Å²) in [4.78, 5) is 0. The first-order chi connectivity index (χ1) is 2.73. The summed E-state index contributed by atoms with van der Waals surface area (Å²) in [5.41, 5.74) is 0. The minimum atomic E-state index is 0. The second kappa shape index (κ2) is 28.2. The molecule has 0 heterocycles. The van der Waals surface area contributed by atoms with Crippen LogP contribution in [0.4, 0.5) is 0 Å². The van der Waals surface area contributed by atoms with Crippen molar-refractivity contribution in [2.24, 2.45) is 17.5 Å². The Morgan fingerprint density at radius 2 is 1.00 bits per heavy atom. The fourth-order valence-corrected chi connectivity index (χ4v) is 0. The quantitative estimate of drug-likeness (QED) is 0.172. The van der Waals surface area contributed by atoms with E-state index in [4.69, 9.17) is 5.84 Å². The normalized spacial score (nSPS) is 5.25. The van der Waals surface area contributed by atoms with Gasteiger partial charge in [0.15, 0.2) is 0 Å². The third-order valence-electron chi connectivity index (χ3n) is 0. The van der Waals surface area contributed by atoms with Crippen LogP contribution in [0.5, 0.6) is 0 Å². The average molecular weight is 120 g/mol. The standard InChI is InChI=1S/C2H8N2.2BH3.H4N2/c1-4(2)3;;;1-2/h3H2,1-2H3;2*1H3;1-2H2. The van der Waals surface area contributed by atoms with Crippen molar-refractivity contribution in [1.82, 2.24) is 5.01 Å². The second-order valence-corrected chi connectivity index (χ2v) is 0.964. The number of nitrogens with two attached hydrogens (primary N) is 3. The summed E-state index contributed by atoms with van der Waals surface area (Å²) in [6, 6.07) is 0. The van der Waals surface area contributed by atoms with Crippen LogP contribution < -0.4 is 17.5 Å². The maximum absolute atomic E-state index is 4.94. The van der Waals surface area contributed by atoms with Gasteiger partial charge in [0.1, 0.15) is 0 Å². The molecule has 4 nitrogen and oxygen atoms in total. The van der Waals surface area contributed by atoms with Gasteiger partial charge in [-0.15, -0.1) is 0 Å². The Hall–Kier alpha value is -0.0301. The van der Waals surface area contributed by atoms with E-state index in [1.807, 2.05) is 0 Å². The average Bonchev–Trinajstić information content (AvgIpc) is 1.41. The van der Waals surface area contributed by atoms with Gasteiger partial charge in [-0.25, -0.2) is 0 Å². The largest absolute Gasteiger partial charge is 0.274 e. The molecule has 8 heavy (non-hydrogen) atoms. The molecule has 0 saturated heterocycles. The van der Waals surface area contributed by atoms with E-state index >= 15 is 0 Å². The summed E-state index contributed by atoms with van der Waals surface area (Å²) in [5, 5.41) is 1.50. The van der Waals surface area contributed by atoms with Crippen LogP contribution in [-0.4, -0.2) is 35.9 Å². The minimum Gasteiger partial charge on any atom is -0.274 e. The summed E-state index contributed by atoms with van der Waals surface area (Å²) >= 11 is 0. The van der Waals surface area contributed by atoms with E-state index < -0.39 is 0 Å². The second-order valence-electron chi connectivity index (χ2n) is 0.964. The minimum absolute atomic E-state index is 0. The summed E-state index contributed by atoms with van der Waals surface area (Å²) in [5.74, 6) is 12.9. The molecule has 0 atom stereocenters. The third-order valence-corrected chi connectivity index (χ3v) is 0. The lowest BCUT2D eigenvalue weighted by Gasteiger charge is -1.91. The van der Waals surface area contributed by atoms with E-state index in [9.17, 15) is 0 Å². The van der Waals surface area contributed by atoms with Crippen molar-refractivity contribution in [2.45, 2.75) is 0 Å². The maximum atomic E-state index is 4.94. The van der Waals surface area contributed by atoms with E-state index in [0.29, 0.717) is 0 Å². The van der Waals surface area contributed by atoms with Gasteiger partial charge in [-0.3, -0.25) is 22.5 Å². The molecular weight excluding hydrogens is 102 g/mol. The Morgan fingerprint density at radius 1 is 1.00 bits per heavy atom. The molecule has 0 aromatic carbocycles. The van der Waals surface area contributed by atoms with Crippen molar-refractivity contribution in [3.63, 3.8) is 0 Å². The zero-order chi connectivity index (χ0) is 5.58. The highest BCUT2D eigenvalue weighted by Gasteiger charge is 1.57. The summed E-state index contributed by atoms with van der Waals surface area (Å²) in [7, 11) is 3.56. The third kappa shape index (κ3) is 162000. The van der Waals surface area contributed by atoms with Crippen molar-refractivity contribution in [3.8, 4) is 0 Å². The Morgan fingerprint density at radius 3 is 1.00 bits per heavy atom. The molecular formula is C2H18B2N4. The molecule has 0 radical (unpaired) electrons. The molecule has 0 aromatic rings. The molecule has 0 saturated carbocycles. The number of hydrogen-bond donors (Lipinski definition) is 3. The predicted octanol–water partition coefficient (Wildman–Crippen LogP) is -4.13. The Bertz CT molecular complexity index is 16.8. The molecule has 0 fully saturated rings. The number of nitrogens with zero attached hydrogens (tertiary/aromatic N) is 1. The van der Waals surface area contributed by atoms with Crippen molar-refractivity contribution in [2.75, 3.05) is 14.1 Å². The Balaban J connectivity index is -0.0000000183. The van der Waals surface area contributed by atoms with Gasteiger partial charge in [-0.2, -0.15) is 0 Å². The highest BCUT2D eigenvalue weighted by atomic mass is 15.4.